The minimum atomic E-state index is -3.34. The molecule has 0 saturated carbocycles. The van der Waals surface area contributed by atoms with Crippen LogP contribution in [-0.2, 0) is 14.8 Å². The molecule has 0 N–H and O–H groups in total. The number of likely N-dealkylation sites (N-methyl/N-ethyl adjacent to an activating group) is 1. The number of aryl methyl sites for hydroxylation is 1. The predicted octanol–water partition coefficient (Wildman–Crippen LogP) is 2.26. The number of hydrogen-bond acceptors (Lipinski definition) is 4. The molecule has 1 unspecified atom stereocenters. The molecule has 1 aromatic carbocycles. The van der Waals surface area contributed by atoms with Crippen LogP contribution in [-0.4, -0.2) is 63.1 Å². The van der Waals surface area contributed by atoms with Crippen molar-refractivity contribution in [3.8, 4) is 0 Å². The van der Waals surface area contributed by atoms with E-state index in [4.69, 9.17) is 4.74 Å². The molecule has 134 valence electrons. The van der Waals surface area contributed by atoms with Gasteiger partial charge in [-0.3, -0.25) is 0 Å². The van der Waals surface area contributed by atoms with Crippen molar-refractivity contribution in [2.24, 2.45) is 0 Å². The van der Waals surface area contributed by atoms with Crippen molar-refractivity contribution < 1.29 is 13.2 Å². The zero-order valence-electron chi connectivity index (χ0n) is 14.6. The molecule has 0 aromatic heterocycles. The lowest BCUT2D eigenvalue weighted by atomic mass is 10.1. The molecule has 2 heterocycles. The fourth-order valence-corrected chi connectivity index (χ4v) is 4.83. The van der Waals surface area contributed by atoms with Gasteiger partial charge in [-0.25, -0.2) is 8.42 Å². The summed E-state index contributed by atoms with van der Waals surface area (Å²) >= 11 is 0. The van der Waals surface area contributed by atoms with Crippen LogP contribution in [0, 0.1) is 6.92 Å². The number of sulfonamides is 1. The summed E-state index contributed by atoms with van der Waals surface area (Å²) in [4.78, 5) is 2.67. The monoisotopic (exact) mass is 352 g/mol. The second kappa shape index (κ2) is 7.52. The van der Waals surface area contributed by atoms with Crippen molar-refractivity contribution >= 4 is 10.0 Å². The smallest absolute Gasteiger partial charge is 0.243 e. The molecule has 2 aliphatic rings. The zero-order valence-corrected chi connectivity index (χ0v) is 15.5. The number of benzene rings is 1. The summed E-state index contributed by atoms with van der Waals surface area (Å²) in [5, 5.41) is 0. The summed E-state index contributed by atoms with van der Waals surface area (Å²) in [5.41, 5.74) is 1.07. The molecule has 2 aliphatic heterocycles. The van der Waals surface area contributed by atoms with E-state index >= 15 is 0 Å². The molecule has 6 heteroatoms. The number of hydrogen-bond donors (Lipinski definition) is 0. The topological polar surface area (TPSA) is 49.9 Å². The van der Waals surface area contributed by atoms with Gasteiger partial charge in [-0.05, 0) is 51.8 Å². The molecular weight excluding hydrogens is 324 g/mol. The van der Waals surface area contributed by atoms with Gasteiger partial charge in [-0.15, -0.1) is 0 Å². The maximum Gasteiger partial charge on any atom is 0.243 e. The third kappa shape index (κ3) is 3.99. The van der Waals surface area contributed by atoms with Gasteiger partial charge in [0.05, 0.1) is 11.0 Å². The first-order valence-electron chi connectivity index (χ1n) is 8.85. The fraction of sp³-hybridized carbons (Fsp3) is 0.667. The van der Waals surface area contributed by atoms with Gasteiger partial charge in [0.2, 0.25) is 10.0 Å². The van der Waals surface area contributed by atoms with Gasteiger partial charge in [-0.1, -0.05) is 17.7 Å². The number of rotatable bonds is 6. The second-order valence-electron chi connectivity index (χ2n) is 7.05. The molecular formula is C18H28N2O3S. The molecule has 3 rings (SSSR count). The van der Waals surface area contributed by atoms with Gasteiger partial charge in [0.15, 0.2) is 0 Å². The fourth-order valence-electron chi connectivity index (χ4n) is 3.32. The van der Waals surface area contributed by atoms with E-state index < -0.39 is 10.0 Å². The maximum atomic E-state index is 12.6. The first kappa shape index (κ1) is 17.9. The minimum Gasteiger partial charge on any atom is -0.378 e. The SMILES string of the molecule is Cc1ccc(S(=O)(=O)N2CC(N(C)CCC3CCCCO3)C2)cc1. The average molecular weight is 353 g/mol. The highest BCUT2D eigenvalue weighted by Crippen LogP contribution is 2.25. The van der Waals surface area contributed by atoms with E-state index in [1.165, 1.54) is 12.8 Å². The first-order valence-corrected chi connectivity index (χ1v) is 10.3. The van der Waals surface area contributed by atoms with Crippen LogP contribution in [0.15, 0.2) is 29.2 Å². The van der Waals surface area contributed by atoms with E-state index in [9.17, 15) is 8.42 Å². The quantitative estimate of drug-likeness (QED) is 0.788. The van der Waals surface area contributed by atoms with Crippen molar-refractivity contribution in [1.82, 2.24) is 9.21 Å². The summed E-state index contributed by atoms with van der Waals surface area (Å²) < 4.78 is 32.5. The van der Waals surface area contributed by atoms with Crippen LogP contribution in [0.4, 0.5) is 0 Å². The van der Waals surface area contributed by atoms with Crippen molar-refractivity contribution in [2.75, 3.05) is 33.3 Å². The first-order chi connectivity index (χ1) is 11.5. The van der Waals surface area contributed by atoms with Crippen molar-refractivity contribution in [2.45, 2.75) is 49.6 Å². The Morgan fingerprint density at radius 1 is 1.21 bits per heavy atom. The molecule has 0 aliphatic carbocycles. The van der Waals surface area contributed by atoms with Crippen LogP contribution in [0.25, 0.3) is 0 Å². The van der Waals surface area contributed by atoms with Crippen LogP contribution < -0.4 is 0 Å². The Hall–Kier alpha value is -0.950. The molecule has 1 aromatic rings. The summed E-state index contributed by atoms with van der Waals surface area (Å²) in [6.07, 6.45) is 5.03. The Balaban J connectivity index is 1.48. The summed E-state index contributed by atoms with van der Waals surface area (Å²) in [5.74, 6) is 0. The van der Waals surface area contributed by atoms with E-state index in [1.54, 1.807) is 16.4 Å². The van der Waals surface area contributed by atoms with E-state index in [2.05, 4.69) is 11.9 Å². The molecule has 2 saturated heterocycles. The van der Waals surface area contributed by atoms with Crippen molar-refractivity contribution in [1.29, 1.82) is 0 Å². The molecule has 0 bridgehead atoms. The molecule has 5 nitrogen and oxygen atoms in total. The predicted molar refractivity (Wildman–Crippen MR) is 94.6 cm³/mol. The molecule has 0 amide bonds. The number of ether oxygens (including phenoxy) is 1. The Morgan fingerprint density at radius 2 is 1.92 bits per heavy atom. The van der Waals surface area contributed by atoms with E-state index in [-0.39, 0.29) is 0 Å². The highest BCUT2D eigenvalue weighted by Gasteiger charge is 2.38. The Kier molecular flexibility index (Phi) is 5.59. The lowest BCUT2D eigenvalue weighted by Crippen LogP contribution is -2.60. The van der Waals surface area contributed by atoms with E-state index in [0.29, 0.717) is 30.1 Å². The van der Waals surface area contributed by atoms with Crippen LogP contribution in [0.1, 0.15) is 31.2 Å². The largest absolute Gasteiger partial charge is 0.378 e. The van der Waals surface area contributed by atoms with Crippen molar-refractivity contribution in [3.05, 3.63) is 29.8 Å². The number of nitrogens with zero attached hydrogens (tertiary/aromatic N) is 2. The van der Waals surface area contributed by atoms with Gasteiger partial charge >= 0.3 is 0 Å². The van der Waals surface area contributed by atoms with Crippen LogP contribution in [0.5, 0.6) is 0 Å². The summed E-state index contributed by atoms with van der Waals surface area (Å²) in [7, 11) is -1.25. The maximum absolute atomic E-state index is 12.6. The molecule has 2 fully saturated rings. The highest BCUT2D eigenvalue weighted by molar-refractivity contribution is 7.89. The van der Waals surface area contributed by atoms with Crippen molar-refractivity contribution in [3.63, 3.8) is 0 Å². The average Bonchev–Trinajstić information content (AvgIpc) is 2.52. The Labute approximate surface area is 145 Å². The highest BCUT2D eigenvalue weighted by atomic mass is 32.2. The van der Waals surface area contributed by atoms with Gasteiger partial charge in [0, 0.05) is 32.3 Å². The standard InChI is InChI=1S/C18H28N2O3S/c1-15-6-8-18(9-7-15)24(21,22)20-13-16(14-20)19(2)11-10-17-5-3-4-12-23-17/h6-9,16-17H,3-5,10-14H2,1-2H3. The van der Waals surface area contributed by atoms with E-state index in [1.807, 2.05) is 19.1 Å². The minimum absolute atomic E-state index is 0.314. The summed E-state index contributed by atoms with van der Waals surface area (Å²) in [6, 6.07) is 7.40. The van der Waals surface area contributed by atoms with Gasteiger partial charge < -0.3 is 9.64 Å². The van der Waals surface area contributed by atoms with Gasteiger partial charge in [0.1, 0.15) is 0 Å². The molecule has 1 atom stereocenters. The molecule has 24 heavy (non-hydrogen) atoms. The lowest BCUT2D eigenvalue weighted by Gasteiger charge is -2.43. The zero-order chi connectivity index (χ0) is 17.2. The Morgan fingerprint density at radius 3 is 2.54 bits per heavy atom. The van der Waals surface area contributed by atoms with Gasteiger partial charge in [0.25, 0.3) is 0 Å². The van der Waals surface area contributed by atoms with Crippen LogP contribution in [0.3, 0.4) is 0 Å². The molecule has 0 radical (unpaired) electrons. The third-order valence-electron chi connectivity index (χ3n) is 5.19. The normalized spacial score (nSPS) is 23.4. The van der Waals surface area contributed by atoms with E-state index in [0.717, 1.165) is 31.6 Å². The van der Waals surface area contributed by atoms with Crippen LogP contribution >= 0.6 is 0 Å². The Bertz CT molecular complexity index is 633. The van der Waals surface area contributed by atoms with Gasteiger partial charge in [-0.2, -0.15) is 4.31 Å². The summed E-state index contributed by atoms with van der Waals surface area (Å²) in [6.45, 7) is 4.98. The second-order valence-corrected chi connectivity index (χ2v) is 8.98. The molecule has 0 spiro atoms. The third-order valence-corrected chi connectivity index (χ3v) is 7.03. The lowest BCUT2D eigenvalue weighted by molar-refractivity contribution is 0.000596. The van der Waals surface area contributed by atoms with Crippen LogP contribution in [0.2, 0.25) is 0 Å².